The molecule has 0 bridgehead atoms. The Morgan fingerprint density at radius 2 is 1.96 bits per heavy atom. The molecule has 2 aliphatic rings. The standard InChI is InChI=1S/C21H29N5O/c1-21(22)13-5-4-7-17(21)20(27)23-16-11-9-15(10-12-16)19-25-24-18-8-3-2-6-14-26(18)19/h9-12,17H,2-8,13-14,22H2,1H3,(H,23,27). The number of aryl methyl sites for hydroxylation is 1. The molecule has 1 fully saturated rings. The van der Waals surface area contributed by atoms with E-state index in [-0.39, 0.29) is 11.8 Å². The van der Waals surface area contributed by atoms with Crippen LogP contribution < -0.4 is 11.1 Å². The van der Waals surface area contributed by atoms with Crippen LogP contribution in [0.2, 0.25) is 0 Å². The van der Waals surface area contributed by atoms with Crippen LogP contribution in [0.5, 0.6) is 0 Å². The van der Waals surface area contributed by atoms with Crippen LogP contribution >= 0.6 is 0 Å². The van der Waals surface area contributed by atoms with Crippen LogP contribution in [-0.2, 0) is 17.8 Å². The fourth-order valence-corrected chi connectivity index (χ4v) is 4.42. The van der Waals surface area contributed by atoms with Gasteiger partial charge in [0.05, 0.1) is 5.92 Å². The zero-order valence-electron chi connectivity index (χ0n) is 16.1. The van der Waals surface area contributed by atoms with Crippen molar-refractivity contribution in [2.24, 2.45) is 11.7 Å². The summed E-state index contributed by atoms with van der Waals surface area (Å²) in [5.41, 5.74) is 7.79. The fraction of sp³-hybridized carbons (Fsp3) is 0.571. The van der Waals surface area contributed by atoms with Gasteiger partial charge in [-0.2, -0.15) is 0 Å². The van der Waals surface area contributed by atoms with E-state index in [0.29, 0.717) is 0 Å². The second-order valence-corrected chi connectivity index (χ2v) is 8.27. The number of hydrogen-bond acceptors (Lipinski definition) is 4. The number of aromatic nitrogens is 3. The third-order valence-corrected chi connectivity index (χ3v) is 6.09. The minimum Gasteiger partial charge on any atom is -0.326 e. The number of nitrogens with two attached hydrogens (primary N) is 1. The van der Waals surface area contributed by atoms with E-state index in [2.05, 4.69) is 20.1 Å². The smallest absolute Gasteiger partial charge is 0.229 e. The van der Waals surface area contributed by atoms with Crippen molar-refractivity contribution in [3.05, 3.63) is 30.1 Å². The highest BCUT2D eigenvalue weighted by atomic mass is 16.1. The highest BCUT2D eigenvalue weighted by Crippen LogP contribution is 2.32. The van der Waals surface area contributed by atoms with Gasteiger partial charge in [-0.05, 0) is 56.9 Å². The van der Waals surface area contributed by atoms with Crippen molar-refractivity contribution in [2.45, 2.75) is 70.4 Å². The minimum absolute atomic E-state index is 0.0313. The third kappa shape index (κ3) is 3.76. The molecule has 6 heteroatoms. The molecule has 2 aromatic rings. The van der Waals surface area contributed by atoms with Crippen LogP contribution in [0.3, 0.4) is 0 Å². The molecule has 1 saturated carbocycles. The topological polar surface area (TPSA) is 85.8 Å². The molecule has 1 aromatic heterocycles. The van der Waals surface area contributed by atoms with Crippen molar-refractivity contribution in [1.82, 2.24) is 14.8 Å². The third-order valence-electron chi connectivity index (χ3n) is 6.09. The van der Waals surface area contributed by atoms with E-state index in [1.165, 1.54) is 19.3 Å². The quantitative estimate of drug-likeness (QED) is 0.869. The Kier molecular flexibility index (Phi) is 5.00. The average molecular weight is 367 g/mol. The van der Waals surface area contributed by atoms with Crippen molar-refractivity contribution in [1.29, 1.82) is 0 Å². The molecule has 1 aliphatic heterocycles. The highest BCUT2D eigenvalue weighted by Gasteiger charge is 2.37. The van der Waals surface area contributed by atoms with Crippen LogP contribution in [0.1, 0.15) is 57.7 Å². The first-order chi connectivity index (χ1) is 13.0. The number of amides is 1. The lowest BCUT2D eigenvalue weighted by Crippen LogP contribution is -2.51. The minimum atomic E-state index is -0.415. The normalized spacial score (nSPS) is 25.5. The molecule has 0 radical (unpaired) electrons. The summed E-state index contributed by atoms with van der Waals surface area (Å²) in [5.74, 6) is 1.91. The number of hydrogen-bond donors (Lipinski definition) is 2. The first kappa shape index (κ1) is 18.2. The van der Waals surface area contributed by atoms with Crippen molar-refractivity contribution in [2.75, 3.05) is 5.32 Å². The number of carbonyl (C=O) groups excluding carboxylic acids is 1. The Hall–Kier alpha value is -2.21. The molecule has 2 atom stereocenters. The second kappa shape index (κ2) is 7.43. The molecule has 1 aliphatic carbocycles. The number of anilines is 1. The van der Waals surface area contributed by atoms with E-state index < -0.39 is 5.54 Å². The average Bonchev–Trinajstić information content (AvgIpc) is 2.90. The lowest BCUT2D eigenvalue weighted by molar-refractivity contribution is -0.122. The lowest BCUT2D eigenvalue weighted by Gasteiger charge is -2.37. The van der Waals surface area contributed by atoms with Crippen LogP contribution in [0, 0.1) is 5.92 Å². The summed E-state index contributed by atoms with van der Waals surface area (Å²) >= 11 is 0. The second-order valence-electron chi connectivity index (χ2n) is 8.27. The van der Waals surface area contributed by atoms with Crippen molar-refractivity contribution in [3.63, 3.8) is 0 Å². The van der Waals surface area contributed by atoms with Gasteiger partial charge >= 0.3 is 0 Å². The summed E-state index contributed by atoms with van der Waals surface area (Å²) in [6, 6.07) is 7.92. The molecule has 144 valence electrons. The van der Waals surface area contributed by atoms with Crippen molar-refractivity contribution < 1.29 is 4.79 Å². The maximum Gasteiger partial charge on any atom is 0.229 e. The van der Waals surface area contributed by atoms with Gasteiger partial charge in [0.1, 0.15) is 5.82 Å². The van der Waals surface area contributed by atoms with Gasteiger partial charge in [0, 0.05) is 29.8 Å². The largest absolute Gasteiger partial charge is 0.326 e. The highest BCUT2D eigenvalue weighted by molar-refractivity contribution is 5.93. The number of nitrogens with zero attached hydrogens (tertiary/aromatic N) is 3. The molecule has 4 rings (SSSR count). The van der Waals surface area contributed by atoms with Crippen molar-refractivity contribution >= 4 is 11.6 Å². The van der Waals surface area contributed by atoms with Gasteiger partial charge in [-0.15, -0.1) is 10.2 Å². The van der Waals surface area contributed by atoms with E-state index in [1.54, 1.807) is 0 Å². The Morgan fingerprint density at radius 3 is 2.74 bits per heavy atom. The maximum atomic E-state index is 12.7. The zero-order valence-corrected chi connectivity index (χ0v) is 16.1. The predicted molar refractivity (Wildman–Crippen MR) is 106 cm³/mol. The Bertz CT molecular complexity index is 808. The number of benzene rings is 1. The van der Waals surface area contributed by atoms with Gasteiger partial charge in [-0.25, -0.2) is 0 Å². The number of nitrogens with one attached hydrogen (secondary N) is 1. The van der Waals surface area contributed by atoms with Gasteiger partial charge in [0.15, 0.2) is 5.82 Å². The molecule has 1 aromatic carbocycles. The monoisotopic (exact) mass is 367 g/mol. The predicted octanol–water partition coefficient (Wildman–Crippen LogP) is 3.52. The molecular formula is C21H29N5O. The van der Waals surface area contributed by atoms with E-state index in [0.717, 1.165) is 61.5 Å². The molecule has 2 unspecified atom stereocenters. The molecule has 0 spiro atoms. The van der Waals surface area contributed by atoms with Gasteiger partial charge in [-0.1, -0.05) is 19.3 Å². The van der Waals surface area contributed by atoms with Gasteiger partial charge in [-0.3, -0.25) is 4.79 Å². The lowest BCUT2D eigenvalue weighted by atomic mass is 9.74. The number of rotatable bonds is 3. The van der Waals surface area contributed by atoms with Crippen LogP contribution in [0.4, 0.5) is 5.69 Å². The summed E-state index contributed by atoms with van der Waals surface area (Å²) < 4.78 is 2.24. The van der Waals surface area contributed by atoms with E-state index in [4.69, 9.17) is 5.73 Å². The summed E-state index contributed by atoms with van der Waals surface area (Å²) in [7, 11) is 0. The van der Waals surface area contributed by atoms with E-state index >= 15 is 0 Å². The van der Waals surface area contributed by atoms with Gasteiger partial charge in [0.25, 0.3) is 0 Å². The van der Waals surface area contributed by atoms with Crippen LogP contribution in [-0.4, -0.2) is 26.2 Å². The SMILES string of the molecule is CC1(N)CCCCC1C(=O)Nc1ccc(-c2nnc3n2CCCCC3)cc1. The first-order valence-electron chi connectivity index (χ1n) is 10.2. The van der Waals surface area contributed by atoms with Crippen LogP contribution in [0.15, 0.2) is 24.3 Å². The van der Waals surface area contributed by atoms with E-state index in [1.807, 2.05) is 31.2 Å². The summed E-state index contributed by atoms with van der Waals surface area (Å²) in [6.07, 6.45) is 8.55. The van der Waals surface area contributed by atoms with Gasteiger partial charge < -0.3 is 15.6 Å². The molecule has 3 N–H and O–H groups in total. The summed E-state index contributed by atoms with van der Waals surface area (Å²) in [4.78, 5) is 12.7. The number of carbonyl (C=O) groups is 1. The maximum absolute atomic E-state index is 12.7. The zero-order chi connectivity index (χ0) is 18.9. The fourth-order valence-electron chi connectivity index (χ4n) is 4.42. The molecular weight excluding hydrogens is 338 g/mol. The van der Waals surface area contributed by atoms with Crippen molar-refractivity contribution in [3.8, 4) is 11.4 Å². The Morgan fingerprint density at radius 1 is 1.15 bits per heavy atom. The Labute approximate surface area is 160 Å². The Balaban J connectivity index is 1.48. The molecule has 1 amide bonds. The van der Waals surface area contributed by atoms with Crippen LogP contribution in [0.25, 0.3) is 11.4 Å². The molecule has 6 nitrogen and oxygen atoms in total. The molecule has 27 heavy (non-hydrogen) atoms. The molecule has 0 saturated heterocycles. The van der Waals surface area contributed by atoms with E-state index in [9.17, 15) is 4.79 Å². The number of fused-ring (bicyclic) bond motifs is 1. The first-order valence-corrected chi connectivity index (χ1v) is 10.2. The summed E-state index contributed by atoms with van der Waals surface area (Å²) in [6.45, 7) is 2.98. The van der Waals surface area contributed by atoms with Gasteiger partial charge in [0.2, 0.25) is 5.91 Å². The molecule has 2 heterocycles. The summed E-state index contributed by atoms with van der Waals surface area (Å²) in [5, 5.41) is 11.8.